The number of amides is 1. The molecule has 20 heavy (non-hydrogen) atoms. The summed E-state index contributed by atoms with van der Waals surface area (Å²) in [5.74, 6) is -1.38. The van der Waals surface area contributed by atoms with Crippen molar-refractivity contribution in [1.82, 2.24) is 5.32 Å². The third-order valence-electron chi connectivity index (χ3n) is 2.53. The first kappa shape index (κ1) is 16.7. The lowest BCUT2D eigenvalue weighted by Gasteiger charge is -2.19. The average Bonchev–Trinajstić information content (AvgIpc) is 2.45. The van der Waals surface area contributed by atoms with Gasteiger partial charge in [-0.3, -0.25) is 4.79 Å². The van der Waals surface area contributed by atoms with Gasteiger partial charge in [0, 0.05) is 0 Å². The molecule has 4 N–H and O–H groups in total. The van der Waals surface area contributed by atoms with Crippen molar-refractivity contribution in [2.75, 3.05) is 13.7 Å². The van der Waals surface area contributed by atoms with Gasteiger partial charge in [-0.15, -0.1) is 0 Å². The summed E-state index contributed by atoms with van der Waals surface area (Å²) in [7, 11) is 1.19. The Balaban J connectivity index is 3.03. The van der Waals surface area contributed by atoms with E-state index in [4.69, 9.17) is 34.0 Å². The first-order valence-corrected chi connectivity index (χ1v) is 6.36. The molecular weight excluding hydrogens is 307 g/mol. The Hall–Kier alpha value is -1.34. The van der Waals surface area contributed by atoms with Crippen LogP contribution in [0, 0.1) is 0 Å². The minimum absolute atomic E-state index is 0.235. The number of carbonyl (C=O) groups excluding carboxylic acids is 2. The molecule has 0 aliphatic heterocycles. The number of nitrogens with two attached hydrogens (primary N) is 1. The van der Waals surface area contributed by atoms with Gasteiger partial charge in [-0.25, -0.2) is 4.79 Å². The van der Waals surface area contributed by atoms with Crippen molar-refractivity contribution in [2.45, 2.75) is 12.1 Å². The van der Waals surface area contributed by atoms with Crippen molar-refractivity contribution >= 4 is 35.1 Å². The standard InChI is InChI=1S/C12H14Cl2N2O4/c1-20-12(19)10(16-11(18)9(15)5-17)6-2-3-7(13)8(14)4-6/h2-4,9-10,17H,5,15H2,1H3,(H,16,18). The van der Waals surface area contributed by atoms with E-state index in [1.54, 1.807) is 0 Å². The number of hydrogen-bond donors (Lipinski definition) is 3. The Morgan fingerprint density at radius 2 is 2.05 bits per heavy atom. The van der Waals surface area contributed by atoms with Crippen molar-refractivity contribution < 1.29 is 19.4 Å². The van der Waals surface area contributed by atoms with Crippen LogP contribution in [0.4, 0.5) is 0 Å². The molecule has 110 valence electrons. The predicted octanol–water partition coefficient (Wildman–Crippen LogP) is 0.643. The van der Waals surface area contributed by atoms with E-state index in [0.29, 0.717) is 10.6 Å². The zero-order valence-corrected chi connectivity index (χ0v) is 12.1. The van der Waals surface area contributed by atoms with Gasteiger partial charge in [-0.05, 0) is 17.7 Å². The summed E-state index contributed by atoms with van der Waals surface area (Å²) in [5, 5.41) is 11.8. The van der Waals surface area contributed by atoms with Crippen LogP contribution in [-0.4, -0.2) is 36.7 Å². The Kier molecular flexibility index (Phi) is 6.22. The number of ether oxygens (including phenoxy) is 1. The lowest BCUT2D eigenvalue weighted by atomic mass is 10.1. The molecule has 6 nitrogen and oxygen atoms in total. The molecule has 0 radical (unpaired) electrons. The number of benzene rings is 1. The molecule has 0 bridgehead atoms. The molecule has 2 atom stereocenters. The predicted molar refractivity (Wildman–Crippen MR) is 74.4 cm³/mol. The van der Waals surface area contributed by atoms with E-state index in [0.717, 1.165) is 0 Å². The second-order valence-electron chi connectivity index (χ2n) is 3.93. The van der Waals surface area contributed by atoms with Crippen LogP contribution in [0.3, 0.4) is 0 Å². The normalized spacial score (nSPS) is 13.4. The molecule has 0 heterocycles. The molecule has 2 unspecified atom stereocenters. The molecule has 0 saturated carbocycles. The summed E-state index contributed by atoms with van der Waals surface area (Å²) in [6.45, 7) is -0.541. The minimum atomic E-state index is -1.13. The highest BCUT2D eigenvalue weighted by Crippen LogP contribution is 2.26. The number of esters is 1. The van der Waals surface area contributed by atoms with Gasteiger partial charge in [0.05, 0.1) is 23.8 Å². The SMILES string of the molecule is COC(=O)C(NC(=O)C(N)CO)c1ccc(Cl)c(Cl)c1. The lowest BCUT2D eigenvalue weighted by Crippen LogP contribution is -2.46. The number of aliphatic hydroxyl groups is 1. The summed E-state index contributed by atoms with van der Waals surface area (Å²) >= 11 is 11.7. The van der Waals surface area contributed by atoms with E-state index in [9.17, 15) is 9.59 Å². The number of aliphatic hydroxyl groups excluding tert-OH is 1. The van der Waals surface area contributed by atoms with E-state index >= 15 is 0 Å². The third-order valence-corrected chi connectivity index (χ3v) is 3.27. The van der Waals surface area contributed by atoms with Gasteiger partial charge < -0.3 is 20.9 Å². The summed E-state index contributed by atoms with van der Waals surface area (Å²) in [4.78, 5) is 23.4. The second-order valence-corrected chi connectivity index (χ2v) is 4.74. The molecule has 1 aromatic carbocycles. The summed E-state index contributed by atoms with van der Waals surface area (Å²) in [5.41, 5.74) is 5.77. The molecule has 1 amide bonds. The topological polar surface area (TPSA) is 102 Å². The maximum Gasteiger partial charge on any atom is 0.333 e. The molecule has 0 saturated heterocycles. The van der Waals surface area contributed by atoms with Gasteiger partial charge in [-0.1, -0.05) is 29.3 Å². The molecule has 0 fully saturated rings. The zero-order chi connectivity index (χ0) is 15.3. The Morgan fingerprint density at radius 3 is 2.55 bits per heavy atom. The van der Waals surface area contributed by atoms with Crippen molar-refractivity contribution in [3.63, 3.8) is 0 Å². The number of rotatable bonds is 5. The maximum atomic E-state index is 11.7. The van der Waals surface area contributed by atoms with Crippen molar-refractivity contribution in [2.24, 2.45) is 5.73 Å². The zero-order valence-electron chi connectivity index (χ0n) is 10.6. The van der Waals surface area contributed by atoms with Gasteiger partial charge >= 0.3 is 5.97 Å². The molecule has 1 rings (SSSR count). The van der Waals surface area contributed by atoms with Gasteiger partial charge in [0.15, 0.2) is 6.04 Å². The quantitative estimate of drug-likeness (QED) is 0.691. The molecule has 8 heteroatoms. The smallest absolute Gasteiger partial charge is 0.333 e. The fourth-order valence-electron chi connectivity index (χ4n) is 1.42. The average molecular weight is 321 g/mol. The number of nitrogens with one attached hydrogen (secondary N) is 1. The van der Waals surface area contributed by atoms with Crippen LogP contribution in [0.15, 0.2) is 18.2 Å². The maximum absolute atomic E-state index is 11.7. The first-order chi connectivity index (χ1) is 9.40. The Morgan fingerprint density at radius 1 is 1.40 bits per heavy atom. The molecule has 0 aliphatic rings. The minimum Gasteiger partial charge on any atom is -0.467 e. The fraction of sp³-hybridized carbons (Fsp3) is 0.333. The van der Waals surface area contributed by atoms with Gasteiger partial charge in [0.2, 0.25) is 5.91 Å². The van der Waals surface area contributed by atoms with E-state index in [2.05, 4.69) is 10.1 Å². The highest BCUT2D eigenvalue weighted by Gasteiger charge is 2.26. The van der Waals surface area contributed by atoms with Crippen molar-refractivity contribution in [3.8, 4) is 0 Å². The van der Waals surface area contributed by atoms with Crippen LogP contribution in [0.5, 0.6) is 0 Å². The van der Waals surface area contributed by atoms with E-state index in [1.165, 1.54) is 25.3 Å². The summed E-state index contributed by atoms with van der Waals surface area (Å²) < 4.78 is 4.62. The van der Waals surface area contributed by atoms with Crippen LogP contribution in [0.25, 0.3) is 0 Å². The van der Waals surface area contributed by atoms with Crippen LogP contribution in [-0.2, 0) is 14.3 Å². The van der Waals surface area contributed by atoms with Gasteiger partial charge in [0.25, 0.3) is 0 Å². The first-order valence-electron chi connectivity index (χ1n) is 5.60. The monoisotopic (exact) mass is 320 g/mol. The highest BCUT2D eigenvalue weighted by atomic mass is 35.5. The fourth-order valence-corrected chi connectivity index (χ4v) is 1.73. The highest BCUT2D eigenvalue weighted by molar-refractivity contribution is 6.42. The van der Waals surface area contributed by atoms with E-state index in [-0.39, 0.29) is 5.02 Å². The third kappa shape index (κ3) is 4.08. The number of methoxy groups -OCH3 is 1. The molecule has 1 aromatic rings. The van der Waals surface area contributed by atoms with Crippen LogP contribution in [0.2, 0.25) is 10.0 Å². The van der Waals surface area contributed by atoms with Gasteiger partial charge in [0.1, 0.15) is 6.04 Å². The molecule has 0 aliphatic carbocycles. The Labute approximate surface area is 125 Å². The van der Waals surface area contributed by atoms with E-state index < -0.39 is 30.6 Å². The number of halogens is 2. The molecular formula is C12H14Cl2N2O4. The van der Waals surface area contributed by atoms with Crippen LogP contribution >= 0.6 is 23.2 Å². The van der Waals surface area contributed by atoms with E-state index in [1.807, 2.05) is 0 Å². The second kappa shape index (κ2) is 7.44. The lowest BCUT2D eigenvalue weighted by molar-refractivity contribution is -0.145. The molecule has 0 aromatic heterocycles. The van der Waals surface area contributed by atoms with Crippen LogP contribution in [0.1, 0.15) is 11.6 Å². The number of carbonyl (C=O) groups is 2. The van der Waals surface area contributed by atoms with Crippen LogP contribution < -0.4 is 11.1 Å². The molecule has 0 spiro atoms. The number of hydrogen-bond acceptors (Lipinski definition) is 5. The summed E-state index contributed by atoms with van der Waals surface area (Å²) in [6, 6.07) is 2.24. The van der Waals surface area contributed by atoms with Crippen molar-refractivity contribution in [3.05, 3.63) is 33.8 Å². The van der Waals surface area contributed by atoms with Gasteiger partial charge in [-0.2, -0.15) is 0 Å². The largest absolute Gasteiger partial charge is 0.467 e. The Bertz CT molecular complexity index is 510. The summed E-state index contributed by atoms with van der Waals surface area (Å²) in [6.07, 6.45) is 0. The van der Waals surface area contributed by atoms with Crippen molar-refractivity contribution in [1.29, 1.82) is 0 Å².